The molecule has 1 aliphatic rings. The van der Waals surface area contributed by atoms with Crippen molar-refractivity contribution in [3.63, 3.8) is 0 Å². The first kappa shape index (κ1) is 26.2. The van der Waals surface area contributed by atoms with Crippen molar-refractivity contribution >= 4 is 12.1 Å². The van der Waals surface area contributed by atoms with Crippen molar-refractivity contribution in [3.05, 3.63) is 95.4 Å². The molecule has 0 saturated carbocycles. The Bertz CT molecular complexity index is 1440. The number of hydrogen-bond donors (Lipinski definition) is 1. The van der Waals surface area contributed by atoms with Crippen LogP contribution < -0.4 is 5.32 Å². The zero-order valence-electron chi connectivity index (χ0n) is 22.4. The van der Waals surface area contributed by atoms with E-state index >= 15 is 0 Å². The SMILES string of the molecule is Cc1ccc(-c2noc(C[C@H](NC(=O)OCC3c4ccccc4-c4ccccc43)C(=O)OC(C)(C)C)n2)cc1. The summed E-state index contributed by atoms with van der Waals surface area (Å²) < 4.78 is 16.6. The summed E-state index contributed by atoms with van der Waals surface area (Å²) in [6, 6.07) is 22.8. The Balaban J connectivity index is 1.29. The van der Waals surface area contributed by atoms with Crippen molar-refractivity contribution in [1.82, 2.24) is 15.5 Å². The number of nitrogens with one attached hydrogen (secondary N) is 1. The van der Waals surface area contributed by atoms with Crippen LogP contribution >= 0.6 is 0 Å². The molecule has 0 bridgehead atoms. The van der Waals surface area contributed by atoms with Gasteiger partial charge in [0.25, 0.3) is 0 Å². The average Bonchev–Trinajstić information content (AvgIpc) is 3.49. The highest BCUT2D eigenvalue weighted by Gasteiger charge is 2.32. The molecule has 3 aromatic carbocycles. The molecule has 39 heavy (non-hydrogen) atoms. The third-order valence-corrected chi connectivity index (χ3v) is 6.48. The second kappa shape index (κ2) is 10.7. The van der Waals surface area contributed by atoms with Crippen LogP contribution in [0.25, 0.3) is 22.5 Å². The molecular weight excluding hydrogens is 494 g/mol. The maximum atomic E-state index is 13.0. The second-order valence-corrected chi connectivity index (χ2v) is 10.6. The number of hydrogen-bond acceptors (Lipinski definition) is 7. The standard InChI is InChI=1S/C31H31N3O5/c1-19-13-15-20(16-14-19)28-33-27(39-34-28)17-26(29(35)38-31(2,3)4)32-30(36)37-18-25-23-11-7-5-9-21(23)22-10-6-8-12-24(22)25/h5-16,25-26H,17-18H2,1-4H3,(H,32,36)/t26-/m0/s1. The Labute approximate surface area is 227 Å². The predicted molar refractivity (Wildman–Crippen MR) is 146 cm³/mol. The Kier molecular flexibility index (Phi) is 7.19. The minimum Gasteiger partial charge on any atom is -0.458 e. The zero-order valence-corrected chi connectivity index (χ0v) is 22.4. The third-order valence-electron chi connectivity index (χ3n) is 6.48. The summed E-state index contributed by atoms with van der Waals surface area (Å²) in [7, 11) is 0. The summed E-state index contributed by atoms with van der Waals surface area (Å²) in [6.07, 6.45) is -0.774. The quantitative estimate of drug-likeness (QED) is 0.303. The molecule has 0 saturated heterocycles. The molecule has 1 atom stereocenters. The van der Waals surface area contributed by atoms with E-state index in [0.717, 1.165) is 33.4 Å². The molecule has 1 N–H and O–H groups in total. The lowest BCUT2D eigenvalue weighted by atomic mass is 9.98. The number of rotatable bonds is 7. The Morgan fingerprint density at radius 1 is 0.949 bits per heavy atom. The Morgan fingerprint density at radius 2 is 1.56 bits per heavy atom. The van der Waals surface area contributed by atoms with Gasteiger partial charge in [-0.3, -0.25) is 0 Å². The molecule has 8 heteroatoms. The molecule has 1 aromatic heterocycles. The van der Waals surface area contributed by atoms with Crippen molar-refractivity contribution in [3.8, 4) is 22.5 Å². The highest BCUT2D eigenvalue weighted by atomic mass is 16.6. The van der Waals surface area contributed by atoms with Gasteiger partial charge in [0.1, 0.15) is 18.2 Å². The van der Waals surface area contributed by atoms with Crippen molar-refractivity contribution in [1.29, 1.82) is 0 Å². The van der Waals surface area contributed by atoms with Crippen LogP contribution in [0.3, 0.4) is 0 Å². The number of fused-ring (bicyclic) bond motifs is 3. The van der Waals surface area contributed by atoms with Gasteiger partial charge in [0.2, 0.25) is 11.7 Å². The highest BCUT2D eigenvalue weighted by molar-refractivity contribution is 5.82. The van der Waals surface area contributed by atoms with Crippen LogP contribution in [-0.4, -0.2) is 40.5 Å². The van der Waals surface area contributed by atoms with Crippen molar-refractivity contribution in [2.75, 3.05) is 6.61 Å². The summed E-state index contributed by atoms with van der Waals surface area (Å²) in [5.41, 5.74) is 5.62. The largest absolute Gasteiger partial charge is 0.458 e. The highest BCUT2D eigenvalue weighted by Crippen LogP contribution is 2.44. The molecule has 0 spiro atoms. The number of nitrogens with zero attached hydrogens (tertiary/aromatic N) is 2. The molecule has 0 aliphatic heterocycles. The average molecular weight is 526 g/mol. The normalized spacial score (nSPS) is 13.3. The van der Waals surface area contributed by atoms with E-state index in [4.69, 9.17) is 14.0 Å². The van der Waals surface area contributed by atoms with E-state index in [9.17, 15) is 9.59 Å². The number of amides is 1. The van der Waals surface area contributed by atoms with E-state index in [1.165, 1.54) is 0 Å². The van der Waals surface area contributed by atoms with Gasteiger partial charge in [-0.15, -0.1) is 0 Å². The first-order valence-electron chi connectivity index (χ1n) is 12.9. The van der Waals surface area contributed by atoms with E-state index in [1.807, 2.05) is 67.6 Å². The monoisotopic (exact) mass is 525 g/mol. The molecular formula is C31H31N3O5. The molecule has 4 aromatic rings. The van der Waals surface area contributed by atoms with Gasteiger partial charge in [0.05, 0.1) is 6.42 Å². The van der Waals surface area contributed by atoms with E-state index in [2.05, 4.69) is 27.6 Å². The summed E-state index contributed by atoms with van der Waals surface area (Å²) in [6.45, 7) is 7.40. The van der Waals surface area contributed by atoms with Crippen molar-refractivity contribution in [2.45, 2.75) is 51.7 Å². The summed E-state index contributed by atoms with van der Waals surface area (Å²) in [4.78, 5) is 30.4. The van der Waals surface area contributed by atoms with Gasteiger partial charge >= 0.3 is 12.1 Å². The predicted octanol–water partition coefficient (Wildman–Crippen LogP) is 5.84. The summed E-state index contributed by atoms with van der Waals surface area (Å²) in [5, 5.41) is 6.68. The third kappa shape index (κ3) is 6.00. The van der Waals surface area contributed by atoms with Gasteiger partial charge in [-0.05, 0) is 49.9 Å². The van der Waals surface area contributed by atoms with Crippen LogP contribution in [0.5, 0.6) is 0 Å². The number of aryl methyl sites for hydroxylation is 1. The maximum absolute atomic E-state index is 13.0. The first-order valence-corrected chi connectivity index (χ1v) is 12.9. The minimum atomic E-state index is -1.08. The van der Waals surface area contributed by atoms with Gasteiger partial charge in [-0.2, -0.15) is 4.98 Å². The number of esters is 1. The molecule has 0 radical (unpaired) electrons. The Hall–Kier alpha value is -4.46. The van der Waals surface area contributed by atoms with Crippen LogP contribution in [0, 0.1) is 6.92 Å². The number of carbonyl (C=O) groups excluding carboxylic acids is 2. The maximum Gasteiger partial charge on any atom is 0.407 e. The van der Waals surface area contributed by atoms with E-state index in [1.54, 1.807) is 20.8 Å². The molecule has 1 heterocycles. The number of ether oxygens (including phenoxy) is 2. The molecule has 1 amide bonds. The van der Waals surface area contributed by atoms with Crippen molar-refractivity contribution in [2.24, 2.45) is 0 Å². The smallest absolute Gasteiger partial charge is 0.407 e. The molecule has 8 nitrogen and oxygen atoms in total. The van der Waals surface area contributed by atoms with E-state index in [-0.39, 0.29) is 24.8 Å². The van der Waals surface area contributed by atoms with Gasteiger partial charge in [0, 0.05) is 11.5 Å². The second-order valence-electron chi connectivity index (χ2n) is 10.6. The van der Waals surface area contributed by atoms with Gasteiger partial charge in [0.15, 0.2) is 0 Å². The number of aromatic nitrogens is 2. The fourth-order valence-corrected chi connectivity index (χ4v) is 4.68. The van der Waals surface area contributed by atoms with Crippen LogP contribution in [0.4, 0.5) is 4.79 Å². The van der Waals surface area contributed by atoms with Crippen LogP contribution in [0.1, 0.15) is 49.3 Å². The number of carbonyl (C=O) groups is 2. The van der Waals surface area contributed by atoms with Gasteiger partial charge in [-0.1, -0.05) is 83.5 Å². The summed E-state index contributed by atoms with van der Waals surface area (Å²) >= 11 is 0. The number of alkyl carbamates (subject to hydrolysis) is 1. The minimum absolute atomic E-state index is 0.0437. The molecule has 0 unspecified atom stereocenters. The summed E-state index contributed by atoms with van der Waals surface area (Å²) in [5.74, 6) is -0.128. The molecule has 1 aliphatic carbocycles. The van der Waals surface area contributed by atoms with Crippen LogP contribution in [0.15, 0.2) is 77.3 Å². The number of benzene rings is 3. The Morgan fingerprint density at radius 3 is 2.18 bits per heavy atom. The van der Waals surface area contributed by atoms with E-state index in [0.29, 0.717) is 5.82 Å². The van der Waals surface area contributed by atoms with Crippen LogP contribution in [-0.2, 0) is 20.7 Å². The van der Waals surface area contributed by atoms with E-state index < -0.39 is 23.7 Å². The lowest BCUT2D eigenvalue weighted by Crippen LogP contribution is -2.46. The molecule has 0 fully saturated rings. The topological polar surface area (TPSA) is 104 Å². The van der Waals surface area contributed by atoms with Crippen molar-refractivity contribution < 1.29 is 23.6 Å². The van der Waals surface area contributed by atoms with Crippen LogP contribution in [0.2, 0.25) is 0 Å². The van der Waals surface area contributed by atoms with Gasteiger partial charge in [-0.25, -0.2) is 9.59 Å². The van der Waals surface area contributed by atoms with Gasteiger partial charge < -0.3 is 19.3 Å². The zero-order chi connectivity index (χ0) is 27.6. The lowest BCUT2D eigenvalue weighted by Gasteiger charge is -2.24. The molecule has 200 valence electrons. The molecule has 5 rings (SSSR count). The fourth-order valence-electron chi connectivity index (χ4n) is 4.68. The fraction of sp³-hybridized carbons (Fsp3) is 0.290. The lowest BCUT2D eigenvalue weighted by molar-refractivity contribution is -0.157. The first-order chi connectivity index (χ1) is 18.7.